The largest absolute Gasteiger partial charge is 0.299 e. The van der Waals surface area contributed by atoms with Crippen molar-refractivity contribution in [2.75, 3.05) is 0 Å². The van der Waals surface area contributed by atoms with Crippen molar-refractivity contribution in [3.8, 4) is 0 Å². The molecule has 0 saturated carbocycles. The van der Waals surface area contributed by atoms with E-state index < -0.39 is 9.84 Å². The predicted molar refractivity (Wildman–Crippen MR) is 90.7 cm³/mol. The summed E-state index contributed by atoms with van der Waals surface area (Å²) < 4.78 is 24.1. The highest BCUT2D eigenvalue weighted by Crippen LogP contribution is 2.41. The molecule has 2 aliphatic rings. The molecular formula is C18H32O3S. The van der Waals surface area contributed by atoms with Crippen LogP contribution < -0.4 is 0 Å². The highest BCUT2D eigenvalue weighted by molar-refractivity contribution is 7.93. The molecule has 0 N–H and O–H groups in total. The van der Waals surface area contributed by atoms with Crippen LogP contribution in [0.15, 0.2) is 0 Å². The van der Waals surface area contributed by atoms with Crippen LogP contribution in [-0.2, 0) is 14.6 Å². The van der Waals surface area contributed by atoms with Gasteiger partial charge in [-0.1, -0.05) is 51.9 Å². The van der Waals surface area contributed by atoms with Gasteiger partial charge in [-0.25, -0.2) is 8.42 Å². The molecule has 2 saturated heterocycles. The third-order valence-electron chi connectivity index (χ3n) is 5.57. The van der Waals surface area contributed by atoms with Crippen molar-refractivity contribution in [2.45, 2.75) is 101 Å². The SMILES string of the molecule is CCCCCCCCCCC(=O)C1CC2CCC(C1)S2(=O)=O. The molecule has 0 aromatic rings. The fourth-order valence-corrected chi connectivity index (χ4v) is 6.58. The van der Waals surface area contributed by atoms with Gasteiger partial charge in [0.05, 0.1) is 10.5 Å². The Bertz CT molecular complexity index is 435. The Balaban J connectivity index is 1.59. The van der Waals surface area contributed by atoms with Crippen LogP contribution in [0.3, 0.4) is 0 Å². The summed E-state index contributed by atoms with van der Waals surface area (Å²) in [6.07, 6.45) is 13.4. The number of carbonyl (C=O) groups is 1. The van der Waals surface area contributed by atoms with Gasteiger partial charge in [-0.05, 0) is 32.1 Å². The molecule has 0 aliphatic carbocycles. The number of unbranched alkanes of at least 4 members (excludes halogenated alkanes) is 7. The number of carbonyl (C=O) groups excluding carboxylic acids is 1. The molecule has 0 radical (unpaired) electrons. The number of hydrogen-bond donors (Lipinski definition) is 0. The molecule has 128 valence electrons. The first-order valence-corrected chi connectivity index (χ1v) is 10.9. The average Bonchev–Trinajstić information content (AvgIpc) is 2.69. The van der Waals surface area contributed by atoms with E-state index in [-0.39, 0.29) is 16.4 Å². The molecule has 2 rings (SSSR count). The number of sulfone groups is 1. The standard InChI is InChI=1S/C18H32O3S/c1-2-3-4-5-6-7-8-9-10-18(19)15-13-16-11-12-17(14-15)22(16,20)21/h15-17H,2-14H2,1H3. The maximum absolute atomic E-state index is 12.3. The van der Waals surface area contributed by atoms with E-state index in [2.05, 4.69) is 6.92 Å². The lowest BCUT2D eigenvalue weighted by molar-refractivity contribution is -0.123. The Hall–Kier alpha value is -0.380. The van der Waals surface area contributed by atoms with Crippen LogP contribution in [0.4, 0.5) is 0 Å². The van der Waals surface area contributed by atoms with Gasteiger partial charge in [-0.15, -0.1) is 0 Å². The van der Waals surface area contributed by atoms with Crippen molar-refractivity contribution in [3.05, 3.63) is 0 Å². The predicted octanol–water partition coefficient (Wildman–Crippen LogP) is 4.44. The number of rotatable bonds is 10. The molecule has 0 spiro atoms. The van der Waals surface area contributed by atoms with Crippen molar-refractivity contribution in [1.82, 2.24) is 0 Å². The minimum Gasteiger partial charge on any atom is -0.299 e. The Labute approximate surface area is 136 Å². The summed E-state index contributed by atoms with van der Waals surface area (Å²) >= 11 is 0. The minimum absolute atomic E-state index is 0.0329. The zero-order valence-electron chi connectivity index (χ0n) is 14.1. The number of hydrogen-bond acceptors (Lipinski definition) is 3. The number of ketones is 1. The summed E-state index contributed by atoms with van der Waals surface area (Å²) in [6.45, 7) is 2.23. The van der Waals surface area contributed by atoms with Crippen molar-refractivity contribution >= 4 is 15.6 Å². The number of Topliss-reactive ketones (excluding diaryl/α,β-unsaturated/α-hetero) is 1. The molecule has 3 nitrogen and oxygen atoms in total. The summed E-state index contributed by atoms with van der Waals surface area (Å²) in [5.41, 5.74) is 0. The lowest BCUT2D eigenvalue weighted by Gasteiger charge is -2.26. The van der Waals surface area contributed by atoms with Gasteiger partial charge in [-0.2, -0.15) is 0 Å². The monoisotopic (exact) mass is 328 g/mol. The van der Waals surface area contributed by atoms with Crippen LogP contribution in [0.1, 0.15) is 90.4 Å². The molecule has 2 heterocycles. The zero-order valence-corrected chi connectivity index (χ0v) is 14.9. The van der Waals surface area contributed by atoms with E-state index in [1.54, 1.807) is 0 Å². The van der Waals surface area contributed by atoms with Gasteiger partial charge in [0.25, 0.3) is 0 Å². The molecule has 0 amide bonds. The van der Waals surface area contributed by atoms with Crippen molar-refractivity contribution in [3.63, 3.8) is 0 Å². The van der Waals surface area contributed by atoms with Gasteiger partial charge in [0.2, 0.25) is 0 Å². The summed E-state index contributed by atoms with van der Waals surface area (Å²) in [6, 6.07) is 0. The summed E-state index contributed by atoms with van der Waals surface area (Å²) in [7, 11) is -2.89. The maximum atomic E-state index is 12.3. The fraction of sp³-hybridized carbons (Fsp3) is 0.944. The lowest BCUT2D eigenvalue weighted by Crippen LogP contribution is -2.36. The fourth-order valence-electron chi connectivity index (χ4n) is 4.11. The molecule has 2 unspecified atom stereocenters. The smallest absolute Gasteiger partial charge is 0.156 e. The Morgan fingerprint density at radius 3 is 1.91 bits per heavy atom. The van der Waals surface area contributed by atoms with Crippen molar-refractivity contribution in [1.29, 1.82) is 0 Å². The molecule has 2 bridgehead atoms. The Kier molecular flexibility index (Phi) is 6.91. The molecule has 2 atom stereocenters. The van der Waals surface area contributed by atoms with E-state index in [4.69, 9.17) is 0 Å². The normalized spacial score (nSPS) is 29.6. The van der Waals surface area contributed by atoms with Crippen LogP contribution in [0.2, 0.25) is 0 Å². The Morgan fingerprint density at radius 2 is 1.36 bits per heavy atom. The van der Waals surface area contributed by atoms with E-state index >= 15 is 0 Å². The highest BCUT2D eigenvalue weighted by Gasteiger charge is 2.48. The maximum Gasteiger partial charge on any atom is 0.156 e. The van der Waals surface area contributed by atoms with Gasteiger partial charge in [-0.3, -0.25) is 4.79 Å². The molecule has 22 heavy (non-hydrogen) atoms. The van der Waals surface area contributed by atoms with E-state index in [0.29, 0.717) is 25.0 Å². The quantitative estimate of drug-likeness (QED) is 0.557. The second-order valence-corrected chi connectivity index (χ2v) is 9.78. The van der Waals surface area contributed by atoms with Gasteiger partial charge in [0, 0.05) is 12.3 Å². The van der Waals surface area contributed by atoms with E-state index in [1.807, 2.05) is 0 Å². The third-order valence-corrected chi connectivity index (χ3v) is 8.28. The topological polar surface area (TPSA) is 51.2 Å². The van der Waals surface area contributed by atoms with Gasteiger partial charge < -0.3 is 0 Å². The van der Waals surface area contributed by atoms with E-state index in [1.165, 1.54) is 38.5 Å². The van der Waals surface area contributed by atoms with Crippen LogP contribution in [0.25, 0.3) is 0 Å². The molecule has 2 aliphatic heterocycles. The summed E-state index contributed by atoms with van der Waals surface area (Å²) in [5, 5.41) is -0.419. The summed E-state index contributed by atoms with van der Waals surface area (Å²) in [5.74, 6) is 0.364. The van der Waals surface area contributed by atoms with Crippen molar-refractivity contribution < 1.29 is 13.2 Å². The first kappa shape index (κ1) is 18.0. The molecule has 0 aromatic carbocycles. The van der Waals surface area contributed by atoms with Gasteiger partial charge in [0.1, 0.15) is 5.78 Å². The van der Waals surface area contributed by atoms with Crippen LogP contribution >= 0.6 is 0 Å². The summed E-state index contributed by atoms with van der Waals surface area (Å²) in [4.78, 5) is 12.3. The van der Waals surface area contributed by atoms with Gasteiger partial charge in [0.15, 0.2) is 9.84 Å². The van der Waals surface area contributed by atoms with Crippen LogP contribution in [0, 0.1) is 5.92 Å². The third kappa shape index (κ3) is 4.56. The minimum atomic E-state index is -2.89. The van der Waals surface area contributed by atoms with Crippen LogP contribution in [-0.4, -0.2) is 24.7 Å². The molecular weight excluding hydrogens is 296 g/mol. The van der Waals surface area contributed by atoms with E-state index in [9.17, 15) is 13.2 Å². The van der Waals surface area contributed by atoms with Crippen molar-refractivity contribution in [2.24, 2.45) is 5.92 Å². The first-order valence-electron chi connectivity index (χ1n) is 9.31. The van der Waals surface area contributed by atoms with E-state index in [0.717, 1.165) is 25.7 Å². The highest BCUT2D eigenvalue weighted by atomic mass is 32.2. The molecule has 0 aromatic heterocycles. The second-order valence-electron chi connectivity index (χ2n) is 7.27. The lowest BCUT2D eigenvalue weighted by atomic mass is 9.91. The van der Waals surface area contributed by atoms with Crippen LogP contribution in [0.5, 0.6) is 0 Å². The first-order chi connectivity index (χ1) is 10.6. The number of fused-ring (bicyclic) bond motifs is 2. The second kappa shape index (κ2) is 8.47. The zero-order chi connectivity index (χ0) is 16.0. The Morgan fingerprint density at radius 1 is 0.864 bits per heavy atom. The van der Waals surface area contributed by atoms with Gasteiger partial charge >= 0.3 is 0 Å². The molecule has 4 heteroatoms. The average molecular weight is 329 g/mol. The molecule has 2 fully saturated rings.